The number of nitrogens with zero attached hydrogens (tertiary/aromatic N) is 2. The zero-order chi connectivity index (χ0) is 12.4. The first-order valence-electron chi connectivity index (χ1n) is 5.61. The minimum atomic E-state index is 0.227. The highest BCUT2D eigenvalue weighted by molar-refractivity contribution is 9.11. The van der Waals surface area contributed by atoms with Gasteiger partial charge >= 0.3 is 0 Å². The smallest absolute Gasteiger partial charge is 0.0731 e. The van der Waals surface area contributed by atoms with E-state index in [-0.39, 0.29) is 6.04 Å². The summed E-state index contributed by atoms with van der Waals surface area (Å²) in [6, 6.07) is 2.45. The average molecular weight is 314 g/mol. The summed E-state index contributed by atoms with van der Waals surface area (Å²) in [7, 11) is 1.98. The molecule has 0 amide bonds. The predicted octanol–water partition coefficient (Wildman–Crippen LogP) is 3.34. The molecule has 0 fully saturated rings. The van der Waals surface area contributed by atoms with Crippen LogP contribution in [0.1, 0.15) is 29.0 Å². The Balaban J connectivity index is 2.32. The van der Waals surface area contributed by atoms with Crippen molar-refractivity contribution in [3.8, 4) is 0 Å². The molecule has 1 atom stereocenters. The van der Waals surface area contributed by atoms with E-state index in [9.17, 15) is 0 Å². The van der Waals surface area contributed by atoms with Gasteiger partial charge in [0, 0.05) is 23.2 Å². The molecular formula is C12H16BrN3S. The van der Waals surface area contributed by atoms with Gasteiger partial charge in [0.15, 0.2) is 0 Å². The third-order valence-corrected chi connectivity index (χ3v) is 4.96. The first kappa shape index (κ1) is 12.8. The Morgan fingerprint density at radius 1 is 1.59 bits per heavy atom. The van der Waals surface area contributed by atoms with E-state index in [0.29, 0.717) is 0 Å². The van der Waals surface area contributed by atoms with Crippen LogP contribution in [-0.4, -0.2) is 16.8 Å². The second-order valence-corrected chi connectivity index (χ2v) is 6.36. The molecule has 1 N–H and O–H groups in total. The average Bonchev–Trinajstić information content (AvgIpc) is 2.89. The van der Waals surface area contributed by atoms with Crippen molar-refractivity contribution < 1.29 is 0 Å². The summed E-state index contributed by atoms with van der Waals surface area (Å²) in [5, 5.41) is 7.68. The fourth-order valence-corrected chi connectivity index (χ4v) is 3.51. The molecule has 0 aliphatic carbocycles. The predicted molar refractivity (Wildman–Crippen MR) is 75.6 cm³/mol. The first-order chi connectivity index (χ1) is 8.15. The molecular weight excluding hydrogens is 298 g/mol. The van der Waals surface area contributed by atoms with Gasteiger partial charge in [0.25, 0.3) is 0 Å². The quantitative estimate of drug-likeness (QED) is 0.938. The van der Waals surface area contributed by atoms with Crippen LogP contribution >= 0.6 is 27.3 Å². The number of nitrogens with one attached hydrogen (secondary N) is 1. The molecule has 92 valence electrons. The molecule has 0 aliphatic heterocycles. The van der Waals surface area contributed by atoms with Gasteiger partial charge in [-0.25, -0.2) is 0 Å². The lowest BCUT2D eigenvalue weighted by Gasteiger charge is -2.11. The molecule has 17 heavy (non-hydrogen) atoms. The van der Waals surface area contributed by atoms with Gasteiger partial charge in [-0.1, -0.05) is 0 Å². The summed E-state index contributed by atoms with van der Waals surface area (Å²) in [6.07, 6.45) is 4.04. The largest absolute Gasteiger partial charge is 0.309 e. The standard InChI is InChI=1S/C12H16BrN3S/c1-4-16-7-9(6-15-16)11(14-3)10-5-8(2)12(13)17-10/h5-7,11,14H,4H2,1-3H3. The van der Waals surface area contributed by atoms with E-state index in [0.717, 1.165) is 6.54 Å². The molecule has 0 radical (unpaired) electrons. The molecule has 2 aromatic heterocycles. The fourth-order valence-electron chi connectivity index (χ4n) is 1.80. The van der Waals surface area contributed by atoms with Crippen LogP contribution in [0.3, 0.4) is 0 Å². The summed E-state index contributed by atoms with van der Waals surface area (Å²) in [5.74, 6) is 0. The maximum absolute atomic E-state index is 4.33. The molecule has 0 saturated heterocycles. The van der Waals surface area contributed by atoms with Crippen molar-refractivity contribution in [1.82, 2.24) is 15.1 Å². The van der Waals surface area contributed by atoms with Crippen molar-refractivity contribution in [3.63, 3.8) is 0 Å². The second-order valence-electron chi connectivity index (χ2n) is 3.96. The lowest BCUT2D eigenvalue weighted by molar-refractivity contribution is 0.655. The fraction of sp³-hybridized carbons (Fsp3) is 0.417. The van der Waals surface area contributed by atoms with Gasteiger partial charge in [-0.15, -0.1) is 11.3 Å². The van der Waals surface area contributed by atoms with Crippen molar-refractivity contribution in [3.05, 3.63) is 38.3 Å². The van der Waals surface area contributed by atoms with Gasteiger partial charge in [-0.2, -0.15) is 5.10 Å². The highest BCUT2D eigenvalue weighted by Crippen LogP contribution is 2.33. The molecule has 2 heterocycles. The molecule has 0 bridgehead atoms. The summed E-state index contributed by atoms with van der Waals surface area (Å²) >= 11 is 5.35. The zero-order valence-electron chi connectivity index (χ0n) is 10.2. The lowest BCUT2D eigenvalue weighted by Crippen LogP contribution is -2.15. The highest BCUT2D eigenvalue weighted by Gasteiger charge is 2.17. The Hall–Kier alpha value is -0.650. The number of aryl methyl sites for hydroxylation is 2. The summed E-state index contributed by atoms with van der Waals surface area (Å²) < 4.78 is 3.16. The van der Waals surface area contributed by atoms with E-state index in [1.807, 2.05) is 17.9 Å². The summed E-state index contributed by atoms with van der Waals surface area (Å²) in [4.78, 5) is 1.31. The minimum absolute atomic E-state index is 0.227. The number of halogens is 1. The van der Waals surface area contributed by atoms with E-state index >= 15 is 0 Å². The molecule has 5 heteroatoms. The number of aromatic nitrogens is 2. The summed E-state index contributed by atoms with van der Waals surface area (Å²) in [5.41, 5.74) is 2.50. The zero-order valence-corrected chi connectivity index (χ0v) is 12.6. The Bertz CT molecular complexity index is 484. The number of hydrogen-bond donors (Lipinski definition) is 1. The third-order valence-electron chi connectivity index (χ3n) is 2.76. The van der Waals surface area contributed by atoms with Gasteiger partial charge in [-0.3, -0.25) is 4.68 Å². The van der Waals surface area contributed by atoms with E-state index < -0.39 is 0 Å². The van der Waals surface area contributed by atoms with Crippen molar-refractivity contribution in [1.29, 1.82) is 0 Å². The SMILES string of the molecule is CCn1cc(C(NC)c2cc(C)c(Br)s2)cn1. The molecule has 0 aliphatic rings. The number of hydrogen-bond acceptors (Lipinski definition) is 3. The maximum Gasteiger partial charge on any atom is 0.0731 e. The first-order valence-corrected chi connectivity index (χ1v) is 7.22. The Labute approximate surface area is 114 Å². The van der Waals surface area contributed by atoms with Gasteiger partial charge in [0.05, 0.1) is 16.0 Å². The number of rotatable bonds is 4. The lowest BCUT2D eigenvalue weighted by atomic mass is 10.1. The molecule has 1 unspecified atom stereocenters. The molecule has 2 aromatic rings. The minimum Gasteiger partial charge on any atom is -0.309 e. The third kappa shape index (κ3) is 2.61. The van der Waals surface area contributed by atoms with Crippen LogP contribution in [0.15, 0.2) is 22.2 Å². The van der Waals surface area contributed by atoms with E-state index in [2.05, 4.69) is 52.5 Å². The van der Waals surface area contributed by atoms with Crippen LogP contribution in [0.2, 0.25) is 0 Å². The molecule has 0 spiro atoms. The molecule has 2 rings (SSSR count). The van der Waals surface area contributed by atoms with Crippen LogP contribution in [0.4, 0.5) is 0 Å². The molecule has 0 saturated carbocycles. The van der Waals surface area contributed by atoms with Gasteiger partial charge < -0.3 is 5.32 Å². The Morgan fingerprint density at radius 2 is 2.35 bits per heavy atom. The van der Waals surface area contributed by atoms with Crippen LogP contribution < -0.4 is 5.32 Å². The highest BCUT2D eigenvalue weighted by atomic mass is 79.9. The second kappa shape index (κ2) is 5.33. The van der Waals surface area contributed by atoms with Gasteiger partial charge in [0.1, 0.15) is 0 Å². The van der Waals surface area contributed by atoms with Gasteiger partial charge in [-0.05, 0) is 48.5 Å². The topological polar surface area (TPSA) is 29.9 Å². The van der Waals surface area contributed by atoms with Crippen molar-refractivity contribution in [2.75, 3.05) is 7.05 Å². The van der Waals surface area contributed by atoms with Crippen LogP contribution in [-0.2, 0) is 6.54 Å². The van der Waals surface area contributed by atoms with E-state index in [4.69, 9.17) is 0 Å². The monoisotopic (exact) mass is 313 g/mol. The molecule has 0 aromatic carbocycles. The van der Waals surface area contributed by atoms with Crippen molar-refractivity contribution >= 4 is 27.3 Å². The van der Waals surface area contributed by atoms with Crippen molar-refractivity contribution in [2.45, 2.75) is 26.4 Å². The number of thiophene rings is 1. The normalized spacial score (nSPS) is 12.9. The molecule has 3 nitrogen and oxygen atoms in total. The van der Waals surface area contributed by atoms with E-state index in [1.165, 1.54) is 19.8 Å². The Morgan fingerprint density at radius 3 is 2.82 bits per heavy atom. The maximum atomic E-state index is 4.33. The van der Waals surface area contributed by atoms with Crippen LogP contribution in [0.25, 0.3) is 0 Å². The summed E-state index contributed by atoms with van der Waals surface area (Å²) in [6.45, 7) is 5.12. The van der Waals surface area contributed by atoms with E-state index in [1.54, 1.807) is 11.3 Å². The van der Waals surface area contributed by atoms with Crippen LogP contribution in [0, 0.1) is 6.92 Å². The van der Waals surface area contributed by atoms with Crippen LogP contribution in [0.5, 0.6) is 0 Å². The Kier molecular flexibility index (Phi) is 4.01. The van der Waals surface area contributed by atoms with Crippen molar-refractivity contribution in [2.24, 2.45) is 0 Å². The van der Waals surface area contributed by atoms with Gasteiger partial charge in [0.2, 0.25) is 0 Å².